The van der Waals surface area contributed by atoms with Crippen LogP contribution in [0.2, 0.25) is 0 Å². The van der Waals surface area contributed by atoms with E-state index in [1.807, 2.05) is 20.8 Å². The van der Waals surface area contributed by atoms with Crippen molar-refractivity contribution < 1.29 is 15.0 Å². The molecule has 1 rings (SSSR count). The Balaban J connectivity index is 2.60. The van der Waals surface area contributed by atoms with Gasteiger partial charge in [-0.2, -0.15) is 0 Å². The standard InChI is InChI=1S/C12H19NO3S/c1-7(6-14)8(2)13-5-10-4-11(12(15)16)17-9(10)3/h4,7-8,13-14H,5-6H2,1-3H3,(H,15,16). The van der Waals surface area contributed by atoms with Crippen molar-refractivity contribution in [1.29, 1.82) is 0 Å². The molecular weight excluding hydrogens is 238 g/mol. The third-order valence-corrected chi connectivity index (χ3v) is 4.07. The van der Waals surface area contributed by atoms with E-state index in [1.54, 1.807) is 6.07 Å². The number of aliphatic hydroxyl groups excluding tert-OH is 1. The van der Waals surface area contributed by atoms with Gasteiger partial charge in [0.1, 0.15) is 4.88 Å². The van der Waals surface area contributed by atoms with Gasteiger partial charge in [0.25, 0.3) is 0 Å². The Kier molecular flexibility index (Phi) is 5.11. The first-order valence-corrected chi connectivity index (χ1v) is 6.44. The minimum atomic E-state index is -0.874. The van der Waals surface area contributed by atoms with Gasteiger partial charge in [0.15, 0.2) is 0 Å². The van der Waals surface area contributed by atoms with Crippen molar-refractivity contribution in [3.05, 3.63) is 21.4 Å². The lowest BCUT2D eigenvalue weighted by molar-refractivity contribution is 0.0702. The highest BCUT2D eigenvalue weighted by Gasteiger charge is 2.14. The largest absolute Gasteiger partial charge is 0.477 e. The Morgan fingerprint density at radius 1 is 1.53 bits per heavy atom. The van der Waals surface area contributed by atoms with E-state index in [2.05, 4.69) is 5.32 Å². The van der Waals surface area contributed by atoms with E-state index >= 15 is 0 Å². The molecule has 0 saturated carbocycles. The number of carboxylic acids is 1. The molecule has 3 N–H and O–H groups in total. The smallest absolute Gasteiger partial charge is 0.345 e. The van der Waals surface area contributed by atoms with Crippen LogP contribution < -0.4 is 5.32 Å². The van der Waals surface area contributed by atoms with Crippen LogP contribution in [0.1, 0.15) is 34.0 Å². The van der Waals surface area contributed by atoms with Crippen molar-refractivity contribution in [2.45, 2.75) is 33.4 Å². The number of carbonyl (C=O) groups is 1. The molecule has 0 aliphatic carbocycles. The average molecular weight is 257 g/mol. The minimum absolute atomic E-state index is 0.150. The van der Waals surface area contributed by atoms with E-state index in [1.165, 1.54) is 11.3 Å². The van der Waals surface area contributed by atoms with Crippen molar-refractivity contribution in [1.82, 2.24) is 5.32 Å². The highest BCUT2D eigenvalue weighted by atomic mass is 32.1. The van der Waals surface area contributed by atoms with Crippen LogP contribution in [0.3, 0.4) is 0 Å². The molecule has 0 aromatic carbocycles. The van der Waals surface area contributed by atoms with Crippen LogP contribution in [0.4, 0.5) is 0 Å². The maximum atomic E-state index is 10.8. The van der Waals surface area contributed by atoms with Crippen molar-refractivity contribution in [3.8, 4) is 0 Å². The van der Waals surface area contributed by atoms with Gasteiger partial charge in [-0.05, 0) is 31.4 Å². The zero-order valence-corrected chi connectivity index (χ0v) is 11.2. The Morgan fingerprint density at radius 2 is 2.18 bits per heavy atom. The summed E-state index contributed by atoms with van der Waals surface area (Å²) >= 11 is 1.30. The van der Waals surface area contributed by atoms with Crippen LogP contribution in [0.15, 0.2) is 6.07 Å². The molecule has 0 aliphatic rings. The van der Waals surface area contributed by atoms with E-state index in [9.17, 15) is 4.79 Å². The molecule has 0 amide bonds. The summed E-state index contributed by atoms with van der Waals surface area (Å²) in [5, 5.41) is 21.2. The highest BCUT2D eigenvalue weighted by molar-refractivity contribution is 7.14. The summed E-state index contributed by atoms with van der Waals surface area (Å²) in [5.41, 5.74) is 1.02. The van der Waals surface area contributed by atoms with Crippen molar-refractivity contribution in [3.63, 3.8) is 0 Å². The van der Waals surface area contributed by atoms with Gasteiger partial charge in [-0.1, -0.05) is 6.92 Å². The second-order valence-corrected chi connectivity index (χ2v) is 5.58. The molecule has 0 fully saturated rings. The van der Waals surface area contributed by atoms with Gasteiger partial charge in [0, 0.05) is 24.1 Å². The second-order valence-electron chi connectivity index (χ2n) is 4.33. The number of aliphatic hydroxyl groups is 1. The summed E-state index contributed by atoms with van der Waals surface area (Å²) in [6.45, 7) is 6.70. The number of rotatable bonds is 6. The van der Waals surface area contributed by atoms with Gasteiger partial charge < -0.3 is 15.5 Å². The fourth-order valence-electron chi connectivity index (χ4n) is 1.43. The number of aryl methyl sites for hydroxylation is 1. The summed E-state index contributed by atoms with van der Waals surface area (Å²) in [6.07, 6.45) is 0. The Morgan fingerprint density at radius 3 is 2.65 bits per heavy atom. The second kappa shape index (κ2) is 6.14. The molecule has 0 radical (unpaired) electrons. The molecule has 5 heteroatoms. The van der Waals surface area contributed by atoms with Gasteiger partial charge in [-0.25, -0.2) is 4.79 Å². The number of carboxylic acid groups (broad SMARTS) is 1. The van der Waals surface area contributed by atoms with Crippen molar-refractivity contribution in [2.24, 2.45) is 5.92 Å². The molecule has 0 saturated heterocycles. The summed E-state index contributed by atoms with van der Waals surface area (Å²) in [5.74, 6) is -0.686. The predicted molar refractivity (Wildman–Crippen MR) is 68.6 cm³/mol. The van der Waals surface area contributed by atoms with E-state index in [4.69, 9.17) is 10.2 Å². The predicted octanol–water partition coefficient (Wildman–Crippen LogP) is 1.86. The molecular formula is C12H19NO3S. The fraction of sp³-hybridized carbons (Fsp3) is 0.583. The van der Waals surface area contributed by atoms with Gasteiger partial charge in [0.2, 0.25) is 0 Å². The normalized spacial score (nSPS) is 14.6. The van der Waals surface area contributed by atoms with Gasteiger partial charge in [-0.3, -0.25) is 0 Å². The lowest BCUT2D eigenvalue weighted by atomic mass is 10.0. The molecule has 2 atom stereocenters. The Labute approximate surface area is 105 Å². The van der Waals surface area contributed by atoms with Crippen LogP contribution in [0, 0.1) is 12.8 Å². The maximum absolute atomic E-state index is 10.8. The molecule has 0 spiro atoms. The van der Waals surface area contributed by atoms with Crippen molar-refractivity contribution >= 4 is 17.3 Å². The number of nitrogens with one attached hydrogen (secondary N) is 1. The SMILES string of the molecule is Cc1sc(C(=O)O)cc1CNC(C)C(C)CO. The van der Waals surface area contributed by atoms with Crippen LogP contribution in [-0.4, -0.2) is 28.8 Å². The van der Waals surface area contributed by atoms with E-state index < -0.39 is 5.97 Å². The molecule has 96 valence electrons. The minimum Gasteiger partial charge on any atom is -0.477 e. The first-order valence-electron chi connectivity index (χ1n) is 5.62. The summed E-state index contributed by atoms with van der Waals surface area (Å²) in [4.78, 5) is 12.2. The molecule has 1 aromatic rings. The first-order chi connectivity index (χ1) is 7.95. The molecule has 0 bridgehead atoms. The fourth-order valence-corrected chi connectivity index (χ4v) is 2.31. The molecule has 4 nitrogen and oxygen atoms in total. The van der Waals surface area contributed by atoms with Crippen LogP contribution >= 0.6 is 11.3 Å². The van der Waals surface area contributed by atoms with Crippen LogP contribution in [0.5, 0.6) is 0 Å². The van der Waals surface area contributed by atoms with Crippen LogP contribution in [-0.2, 0) is 6.54 Å². The third kappa shape index (κ3) is 3.80. The molecule has 0 aliphatic heterocycles. The molecule has 17 heavy (non-hydrogen) atoms. The number of thiophene rings is 1. The Bertz CT molecular complexity index is 389. The molecule has 1 aromatic heterocycles. The van der Waals surface area contributed by atoms with E-state index in [-0.39, 0.29) is 18.6 Å². The topological polar surface area (TPSA) is 69.6 Å². The zero-order chi connectivity index (χ0) is 13.0. The van der Waals surface area contributed by atoms with Gasteiger partial charge in [0.05, 0.1) is 0 Å². The van der Waals surface area contributed by atoms with Gasteiger partial charge in [-0.15, -0.1) is 11.3 Å². The van der Waals surface area contributed by atoms with Crippen LogP contribution in [0.25, 0.3) is 0 Å². The van der Waals surface area contributed by atoms with Gasteiger partial charge >= 0.3 is 5.97 Å². The summed E-state index contributed by atoms with van der Waals surface area (Å²) in [6, 6.07) is 1.92. The summed E-state index contributed by atoms with van der Waals surface area (Å²) < 4.78 is 0. The molecule has 2 unspecified atom stereocenters. The highest BCUT2D eigenvalue weighted by Crippen LogP contribution is 2.21. The number of hydrogen-bond acceptors (Lipinski definition) is 4. The van der Waals surface area contributed by atoms with Crippen molar-refractivity contribution in [2.75, 3.05) is 6.61 Å². The van der Waals surface area contributed by atoms with E-state index in [0.29, 0.717) is 11.4 Å². The maximum Gasteiger partial charge on any atom is 0.345 e. The first kappa shape index (κ1) is 14.2. The zero-order valence-electron chi connectivity index (χ0n) is 10.4. The quantitative estimate of drug-likeness (QED) is 0.727. The summed E-state index contributed by atoms with van der Waals surface area (Å²) in [7, 11) is 0. The number of aromatic carboxylic acids is 1. The third-order valence-electron chi connectivity index (χ3n) is 2.99. The lowest BCUT2D eigenvalue weighted by Gasteiger charge is -2.19. The average Bonchev–Trinajstić information content (AvgIpc) is 2.66. The lowest BCUT2D eigenvalue weighted by Crippen LogP contribution is -2.33. The van der Waals surface area contributed by atoms with E-state index in [0.717, 1.165) is 10.4 Å². The number of hydrogen-bond donors (Lipinski definition) is 3. The monoisotopic (exact) mass is 257 g/mol. The Hall–Kier alpha value is -0.910. The molecule has 1 heterocycles.